The highest BCUT2D eigenvalue weighted by atomic mass is 16.5. The summed E-state index contributed by atoms with van der Waals surface area (Å²) in [4.78, 5) is 12.8. The maximum atomic E-state index is 12.8. The Hall–Kier alpha value is -3.07. The minimum absolute atomic E-state index is 0.0345. The van der Waals surface area contributed by atoms with Gasteiger partial charge in [0.05, 0.1) is 11.0 Å². The number of aryl methyl sites for hydroxylation is 1. The third-order valence-corrected chi connectivity index (χ3v) is 4.06. The summed E-state index contributed by atoms with van der Waals surface area (Å²) in [5, 5.41) is 1.39. The molecule has 3 heteroatoms. The Labute approximate surface area is 133 Å². The summed E-state index contributed by atoms with van der Waals surface area (Å²) in [6.45, 7) is 0. The van der Waals surface area contributed by atoms with Crippen LogP contribution in [-0.2, 0) is 7.05 Å². The molecular formula is C20H15NO2. The molecule has 0 aliphatic rings. The van der Waals surface area contributed by atoms with Gasteiger partial charge in [-0.1, -0.05) is 30.3 Å². The van der Waals surface area contributed by atoms with E-state index < -0.39 is 0 Å². The summed E-state index contributed by atoms with van der Waals surface area (Å²) in [5.41, 5.74) is 1.86. The van der Waals surface area contributed by atoms with E-state index >= 15 is 0 Å². The largest absolute Gasteiger partial charge is 0.457 e. The van der Waals surface area contributed by atoms with E-state index in [0.717, 1.165) is 22.2 Å². The molecule has 0 N–H and O–H groups in total. The summed E-state index contributed by atoms with van der Waals surface area (Å²) < 4.78 is 7.89. The summed E-state index contributed by atoms with van der Waals surface area (Å²) in [5.74, 6) is 1.42. The molecule has 4 aromatic rings. The van der Waals surface area contributed by atoms with Crippen molar-refractivity contribution in [1.29, 1.82) is 0 Å². The van der Waals surface area contributed by atoms with Crippen LogP contribution in [0.25, 0.3) is 21.8 Å². The highest BCUT2D eigenvalue weighted by molar-refractivity contribution is 5.93. The molecule has 4 rings (SSSR count). The van der Waals surface area contributed by atoms with E-state index in [4.69, 9.17) is 4.74 Å². The van der Waals surface area contributed by atoms with Gasteiger partial charge >= 0.3 is 0 Å². The molecule has 0 aliphatic carbocycles. The Kier molecular flexibility index (Phi) is 3.12. The number of para-hydroxylation sites is 2. The Bertz CT molecular complexity index is 1070. The lowest BCUT2D eigenvalue weighted by atomic mass is 10.1. The van der Waals surface area contributed by atoms with Crippen LogP contribution in [0, 0.1) is 0 Å². The van der Waals surface area contributed by atoms with Gasteiger partial charge in [-0.05, 0) is 42.5 Å². The zero-order valence-electron chi connectivity index (χ0n) is 12.7. The third-order valence-electron chi connectivity index (χ3n) is 4.06. The summed E-state index contributed by atoms with van der Waals surface area (Å²) in [6.07, 6.45) is 0. The Morgan fingerprint density at radius 1 is 0.739 bits per heavy atom. The first kappa shape index (κ1) is 13.6. The van der Waals surface area contributed by atoms with Crippen LogP contribution < -0.4 is 10.2 Å². The van der Waals surface area contributed by atoms with E-state index in [2.05, 4.69) is 0 Å². The van der Waals surface area contributed by atoms with Crippen molar-refractivity contribution in [2.24, 2.45) is 7.05 Å². The second kappa shape index (κ2) is 5.29. The Morgan fingerprint density at radius 3 is 2.26 bits per heavy atom. The fraction of sp³-hybridized carbons (Fsp3) is 0.0500. The van der Waals surface area contributed by atoms with E-state index in [1.165, 1.54) is 0 Å². The normalized spacial score (nSPS) is 11.0. The van der Waals surface area contributed by atoms with Crippen LogP contribution in [0.15, 0.2) is 77.6 Å². The zero-order valence-corrected chi connectivity index (χ0v) is 12.7. The summed E-state index contributed by atoms with van der Waals surface area (Å²) in [7, 11) is 1.97. The van der Waals surface area contributed by atoms with Gasteiger partial charge in [-0.15, -0.1) is 0 Å². The molecule has 0 saturated carbocycles. The number of hydrogen-bond donors (Lipinski definition) is 0. The van der Waals surface area contributed by atoms with Crippen molar-refractivity contribution in [3.63, 3.8) is 0 Å². The van der Waals surface area contributed by atoms with E-state index in [0.29, 0.717) is 11.1 Å². The molecule has 0 atom stereocenters. The first-order chi connectivity index (χ1) is 11.2. The van der Waals surface area contributed by atoms with Crippen LogP contribution in [0.2, 0.25) is 0 Å². The van der Waals surface area contributed by atoms with Crippen LogP contribution in [0.4, 0.5) is 0 Å². The number of nitrogens with zero attached hydrogens (tertiary/aromatic N) is 1. The second-order valence-electron chi connectivity index (χ2n) is 5.50. The molecule has 23 heavy (non-hydrogen) atoms. The predicted octanol–water partition coefficient (Wildman–Crippen LogP) is 4.48. The number of ether oxygens (including phenoxy) is 1. The molecule has 0 spiro atoms. The fourth-order valence-corrected chi connectivity index (χ4v) is 2.91. The number of aromatic nitrogens is 1. The van der Waals surface area contributed by atoms with E-state index in [9.17, 15) is 4.79 Å². The lowest BCUT2D eigenvalue weighted by molar-refractivity contribution is 0.483. The first-order valence-corrected chi connectivity index (χ1v) is 7.48. The molecule has 112 valence electrons. The van der Waals surface area contributed by atoms with Crippen molar-refractivity contribution in [1.82, 2.24) is 4.57 Å². The SMILES string of the molecule is Cn1c2ccccc2c(=O)c2cc(Oc3ccccc3)ccc21. The fourth-order valence-electron chi connectivity index (χ4n) is 2.91. The van der Waals surface area contributed by atoms with Crippen LogP contribution in [0.3, 0.4) is 0 Å². The smallest absolute Gasteiger partial charge is 0.197 e. The summed E-state index contributed by atoms with van der Waals surface area (Å²) in [6, 6.07) is 22.9. The third kappa shape index (κ3) is 2.27. The van der Waals surface area contributed by atoms with Crippen molar-refractivity contribution < 1.29 is 4.74 Å². The average Bonchev–Trinajstić information content (AvgIpc) is 2.60. The monoisotopic (exact) mass is 301 g/mol. The number of hydrogen-bond acceptors (Lipinski definition) is 2. The van der Waals surface area contributed by atoms with Gasteiger partial charge in [-0.3, -0.25) is 4.79 Å². The number of fused-ring (bicyclic) bond motifs is 2. The first-order valence-electron chi connectivity index (χ1n) is 7.48. The molecular weight excluding hydrogens is 286 g/mol. The van der Waals surface area contributed by atoms with Crippen molar-refractivity contribution in [3.8, 4) is 11.5 Å². The molecule has 3 nitrogen and oxygen atoms in total. The Balaban J connectivity index is 1.93. The van der Waals surface area contributed by atoms with Crippen molar-refractivity contribution in [3.05, 3.63) is 83.0 Å². The van der Waals surface area contributed by atoms with E-state index in [1.807, 2.05) is 84.4 Å². The lowest BCUT2D eigenvalue weighted by Crippen LogP contribution is -2.08. The van der Waals surface area contributed by atoms with E-state index in [1.54, 1.807) is 0 Å². The van der Waals surface area contributed by atoms with Gasteiger partial charge in [0.25, 0.3) is 0 Å². The van der Waals surface area contributed by atoms with Crippen LogP contribution in [0.5, 0.6) is 11.5 Å². The van der Waals surface area contributed by atoms with Gasteiger partial charge in [-0.2, -0.15) is 0 Å². The highest BCUT2D eigenvalue weighted by Crippen LogP contribution is 2.25. The molecule has 0 amide bonds. The molecule has 0 bridgehead atoms. The molecule has 0 radical (unpaired) electrons. The standard InChI is InChI=1S/C20H15NO2/c1-21-18-10-6-5-9-16(18)20(22)17-13-15(11-12-19(17)21)23-14-7-3-2-4-8-14/h2-13H,1H3. The van der Waals surface area contributed by atoms with Crippen molar-refractivity contribution >= 4 is 21.8 Å². The number of benzene rings is 3. The molecule has 0 saturated heterocycles. The van der Waals surface area contributed by atoms with Gasteiger partial charge in [0.1, 0.15) is 11.5 Å². The predicted molar refractivity (Wildman–Crippen MR) is 93.2 cm³/mol. The van der Waals surface area contributed by atoms with Crippen LogP contribution >= 0.6 is 0 Å². The molecule has 0 unspecified atom stereocenters. The topological polar surface area (TPSA) is 31.2 Å². The van der Waals surface area contributed by atoms with Gasteiger partial charge in [0.2, 0.25) is 0 Å². The summed E-state index contributed by atoms with van der Waals surface area (Å²) >= 11 is 0. The van der Waals surface area contributed by atoms with E-state index in [-0.39, 0.29) is 5.43 Å². The van der Waals surface area contributed by atoms with Gasteiger partial charge in [0, 0.05) is 17.8 Å². The average molecular weight is 301 g/mol. The maximum Gasteiger partial charge on any atom is 0.197 e. The van der Waals surface area contributed by atoms with Crippen molar-refractivity contribution in [2.75, 3.05) is 0 Å². The molecule has 3 aromatic carbocycles. The minimum atomic E-state index is 0.0345. The quantitative estimate of drug-likeness (QED) is 0.511. The molecule has 1 aromatic heterocycles. The van der Waals surface area contributed by atoms with Gasteiger partial charge in [-0.25, -0.2) is 0 Å². The zero-order chi connectivity index (χ0) is 15.8. The molecule has 0 aliphatic heterocycles. The maximum absolute atomic E-state index is 12.8. The molecule has 0 fully saturated rings. The Morgan fingerprint density at radius 2 is 1.43 bits per heavy atom. The number of pyridine rings is 1. The second-order valence-corrected chi connectivity index (χ2v) is 5.50. The van der Waals surface area contributed by atoms with Gasteiger partial charge in [0.15, 0.2) is 5.43 Å². The minimum Gasteiger partial charge on any atom is -0.457 e. The highest BCUT2D eigenvalue weighted by Gasteiger charge is 2.09. The van der Waals surface area contributed by atoms with Crippen LogP contribution in [0.1, 0.15) is 0 Å². The number of rotatable bonds is 2. The van der Waals surface area contributed by atoms with Crippen molar-refractivity contribution in [2.45, 2.75) is 0 Å². The molecule has 1 heterocycles. The van der Waals surface area contributed by atoms with Gasteiger partial charge < -0.3 is 9.30 Å². The lowest BCUT2D eigenvalue weighted by Gasteiger charge is -2.12. The van der Waals surface area contributed by atoms with Crippen LogP contribution in [-0.4, -0.2) is 4.57 Å².